The Balaban J connectivity index is 1.60. The van der Waals surface area contributed by atoms with E-state index < -0.39 is 73.2 Å². The van der Waals surface area contributed by atoms with Crippen LogP contribution in [0.5, 0.6) is 0 Å². The fraction of sp³-hybridized carbons (Fsp3) is 0.548. The third-order valence-electron chi connectivity index (χ3n) is 10.4. The van der Waals surface area contributed by atoms with Gasteiger partial charge in [-0.05, 0) is 86.8 Å². The number of carbonyl (C=O) groups excluding carboxylic acids is 1. The summed E-state index contributed by atoms with van der Waals surface area (Å²) in [6.45, 7) is 1.62. The summed E-state index contributed by atoms with van der Waals surface area (Å²) >= 11 is 0. The van der Waals surface area contributed by atoms with E-state index in [-0.39, 0.29) is 73.6 Å². The Morgan fingerprint density at radius 3 is 2.02 bits per heavy atom. The van der Waals surface area contributed by atoms with Gasteiger partial charge < -0.3 is 10.0 Å². The van der Waals surface area contributed by atoms with Crippen molar-refractivity contribution in [3.8, 4) is 0 Å². The lowest BCUT2D eigenvalue weighted by Gasteiger charge is -2.44. The van der Waals surface area contributed by atoms with Gasteiger partial charge in [0.05, 0.1) is 16.4 Å². The van der Waals surface area contributed by atoms with Crippen molar-refractivity contribution in [2.75, 3.05) is 6.54 Å². The molecule has 3 aliphatic rings. The summed E-state index contributed by atoms with van der Waals surface area (Å²) in [7, 11) is -4.60. The summed E-state index contributed by atoms with van der Waals surface area (Å²) in [6, 6.07) is 4.09. The van der Waals surface area contributed by atoms with Crippen molar-refractivity contribution < 1.29 is 58.2 Å². The highest BCUT2D eigenvalue weighted by atomic mass is 32.2. The van der Waals surface area contributed by atoms with Crippen LogP contribution in [0.4, 0.5) is 35.1 Å². The highest BCUT2D eigenvalue weighted by Gasteiger charge is 2.74. The second-order valence-electron chi connectivity index (χ2n) is 12.4. The zero-order valence-electron chi connectivity index (χ0n) is 24.5. The Morgan fingerprint density at radius 1 is 0.913 bits per heavy atom. The zero-order valence-corrected chi connectivity index (χ0v) is 25.3. The molecule has 0 unspecified atom stereocenters. The monoisotopic (exact) mass is 681 g/mol. The maximum Gasteiger partial charge on any atom is 0.435 e. The van der Waals surface area contributed by atoms with Crippen LogP contribution in [0.25, 0.3) is 0 Å². The normalized spacial score (nSPS) is 27.2. The maximum absolute atomic E-state index is 15.0. The standard InChI is InChI=1S/C31H31F8NO5S/c1-2-27(26(42)43)13-11-18(12-14-27)25(41)40-16-15-28(46(44,45)22-7-5-21(32)6-8-22)23-9-4-20(17-19(23)3-10-24(28)40)29(33,30(34,35)36)31(37,38)39/h4-9,17-18,24H,2-3,10-16H2,1H3,(H,42,43)/t18?,24-,27?,28-/m1/s1. The van der Waals surface area contributed by atoms with E-state index in [2.05, 4.69) is 0 Å². The highest BCUT2D eigenvalue weighted by molar-refractivity contribution is 7.92. The third-order valence-corrected chi connectivity index (χ3v) is 12.9. The largest absolute Gasteiger partial charge is 0.481 e. The topological polar surface area (TPSA) is 91.8 Å². The van der Waals surface area contributed by atoms with Gasteiger partial charge in [0, 0.05) is 18.0 Å². The van der Waals surface area contributed by atoms with Crippen LogP contribution in [-0.2, 0) is 36.3 Å². The molecule has 2 fully saturated rings. The van der Waals surface area contributed by atoms with Crippen molar-refractivity contribution in [1.29, 1.82) is 0 Å². The van der Waals surface area contributed by atoms with E-state index >= 15 is 4.39 Å². The molecule has 2 aromatic carbocycles. The van der Waals surface area contributed by atoms with Gasteiger partial charge in [-0.25, -0.2) is 17.2 Å². The SMILES string of the molecule is CCC1(C(=O)O)CCC(C(=O)N2CC[C@@]3(S(=O)(=O)c4ccc(F)cc4)c4ccc(C(F)(C(F)(F)F)C(F)(F)F)cc4CC[C@@H]23)CC1. The molecule has 15 heteroatoms. The average molecular weight is 682 g/mol. The molecule has 1 heterocycles. The van der Waals surface area contributed by atoms with E-state index in [1.165, 1.54) is 4.90 Å². The summed E-state index contributed by atoms with van der Waals surface area (Å²) in [5.74, 6) is -2.78. The first-order valence-corrected chi connectivity index (χ1v) is 16.3. The molecule has 0 aromatic heterocycles. The minimum Gasteiger partial charge on any atom is -0.481 e. The number of aliphatic carboxylic acids is 1. The molecule has 5 rings (SSSR count). The van der Waals surface area contributed by atoms with Gasteiger partial charge in [-0.1, -0.05) is 25.1 Å². The molecule has 2 aromatic rings. The molecule has 0 spiro atoms. The van der Waals surface area contributed by atoms with E-state index in [1.54, 1.807) is 6.92 Å². The molecular formula is C31H31F8NO5S. The first-order chi connectivity index (χ1) is 21.3. The molecule has 0 bridgehead atoms. The van der Waals surface area contributed by atoms with Crippen LogP contribution in [0.3, 0.4) is 0 Å². The molecule has 0 radical (unpaired) electrons. The first kappa shape index (κ1) is 34.1. The number of carbonyl (C=O) groups is 2. The molecule has 2 aliphatic carbocycles. The number of aryl methyl sites for hydroxylation is 1. The third kappa shape index (κ3) is 4.90. The number of halogens is 8. The van der Waals surface area contributed by atoms with E-state index in [9.17, 15) is 53.8 Å². The number of benzene rings is 2. The van der Waals surface area contributed by atoms with Crippen molar-refractivity contribution in [1.82, 2.24) is 4.90 Å². The predicted octanol–water partition coefficient (Wildman–Crippen LogP) is 7.00. The Hall–Kier alpha value is -3.23. The number of rotatable bonds is 6. The van der Waals surface area contributed by atoms with Crippen LogP contribution in [0.1, 0.15) is 68.6 Å². The van der Waals surface area contributed by atoms with Crippen LogP contribution >= 0.6 is 0 Å². The number of fused-ring (bicyclic) bond motifs is 3. The van der Waals surface area contributed by atoms with E-state index in [4.69, 9.17) is 0 Å². The van der Waals surface area contributed by atoms with Gasteiger partial charge in [-0.3, -0.25) is 9.59 Å². The number of sulfone groups is 1. The summed E-state index contributed by atoms with van der Waals surface area (Å²) in [6.07, 6.45) is -12.2. The summed E-state index contributed by atoms with van der Waals surface area (Å²) in [5, 5.41) is 9.75. The number of carboxylic acid groups (broad SMARTS) is 1. The summed E-state index contributed by atoms with van der Waals surface area (Å²) < 4.78 is 137. The van der Waals surface area contributed by atoms with Crippen molar-refractivity contribution in [2.24, 2.45) is 11.3 Å². The Kier molecular flexibility index (Phi) is 8.30. The smallest absolute Gasteiger partial charge is 0.435 e. The van der Waals surface area contributed by atoms with Crippen LogP contribution in [0.2, 0.25) is 0 Å². The average Bonchev–Trinajstić information content (AvgIpc) is 3.41. The molecule has 46 heavy (non-hydrogen) atoms. The van der Waals surface area contributed by atoms with Crippen LogP contribution in [0.15, 0.2) is 47.4 Å². The predicted molar refractivity (Wildman–Crippen MR) is 147 cm³/mol. The number of alkyl halides is 7. The van der Waals surface area contributed by atoms with Crippen molar-refractivity contribution >= 4 is 21.7 Å². The number of hydrogen-bond acceptors (Lipinski definition) is 4. The number of amides is 1. The molecule has 6 nitrogen and oxygen atoms in total. The lowest BCUT2D eigenvalue weighted by molar-refractivity contribution is -0.348. The second-order valence-corrected chi connectivity index (χ2v) is 14.6. The fourth-order valence-corrected chi connectivity index (χ4v) is 10.1. The Bertz CT molecular complexity index is 1620. The van der Waals surface area contributed by atoms with E-state index in [1.807, 2.05) is 0 Å². The van der Waals surface area contributed by atoms with Crippen LogP contribution < -0.4 is 0 Å². The van der Waals surface area contributed by atoms with Gasteiger partial charge in [-0.2, -0.15) is 26.3 Å². The number of nitrogens with zero attached hydrogens (tertiary/aromatic N) is 1. The number of hydrogen-bond donors (Lipinski definition) is 1. The van der Waals surface area contributed by atoms with Crippen LogP contribution in [-0.4, -0.2) is 55.2 Å². The first-order valence-electron chi connectivity index (χ1n) is 14.8. The van der Waals surface area contributed by atoms with Crippen molar-refractivity contribution in [3.05, 3.63) is 65.0 Å². The summed E-state index contributed by atoms with van der Waals surface area (Å²) in [4.78, 5) is 26.8. The Morgan fingerprint density at radius 2 is 1.50 bits per heavy atom. The van der Waals surface area contributed by atoms with E-state index in [0.717, 1.165) is 30.3 Å². The molecule has 2 atom stereocenters. The van der Waals surface area contributed by atoms with Gasteiger partial charge in [-0.15, -0.1) is 0 Å². The lowest BCUT2D eigenvalue weighted by Crippen LogP contribution is -2.54. The van der Waals surface area contributed by atoms with Crippen molar-refractivity contribution in [3.63, 3.8) is 0 Å². The molecule has 1 N–H and O–H groups in total. The summed E-state index contributed by atoms with van der Waals surface area (Å²) in [5.41, 5.74) is -8.85. The highest BCUT2D eigenvalue weighted by Crippen LogP contribution is 2.57. The quantitative estimate of drug-likeness (QED) is 0.262. The van der Waals surface area contributed by atoms with Crippen molar-refractivity contribution in [2.45, 2.75) is 92.0 Å². The van der Waals surface area contributed by atoms with Crippen LogP contribution in [0, 0.1) is 17.2 Å². The Labute approximate surface area is 259 Å². The molecule has 1 amide bonds. The molecule has 1 saturated carbocycles. The molecule has 252 valence electrons. The van der Waals surface area contributed by atoms with E-state index in [0.29, 0.717) is 12.5 Å². The number of carboxylic acids is 1. The minimum absolute atomic E-state index is 0.127. The molecule has 1 aliphatic heterocycles. The van der Waals surface area contributed by atoms with Gasteiger partial charge >= 0.3 is 24.0 Å². The van der Waals surface area contributed by atoms with Gasteiger partial charge in [0.15, 0.2) is 9.84 Å². The van der Waals surface area contributed by atoms with Gasteiger partial charge in [0.1, 0.15) is 10.6 Å². The van der Waals surface area contributed by atoms with Gasteiger partial charge in [0.2, 0.25) is 5.91 Å². The maximum atomic E-state index is 15.0. The molecule has 1 saturated heterocycles. The minimum atomic E-state index is -6.37. The fourth-order valence-electron chi connectivity index (χ4n) is 7.69. The second kappa shape index (κ2) is 11.2. The number of likely N-dealkylation sites (tertiary alicyclic amines) is 1. The lowest BCUT2D eigenvalue weighted by atomic mass is 9.68. The zero-order chi connectivity index (χ0) is 34.1. The van der Waals surface area contributed by atoms with Gasteiger partial charge in [0.25, 0.3) is 0 Å². The molecular weight excluding hydrogens is 650 g/mol.